The second-order valence-corrected chi connectivity index (χ2v) is 4.75. The molecule has 0 N–H and O–H groups in total. The van der Waals surface area contributed by atoms with Crippen LogP contribution >= 0.6 is 0 Å². The lowest BCUT2D eigenvalue weighted by Crippen LogP contribution is -1.94. The lowest BCUT2D eigenvalue weighted by molar-refractivity contribution is 0.395. The molecule has 1 radical (unpaired) electrons. The van der Waals surface area contributed by atoms with Crippen molar-refractivity contribution in [1.29, 1.82) is 0 Å². The minimum absolute atomic E-state index is 0.634. The normalized spacial score (nSPS) is 10.3. The Balaban J connectivity index is 2.00. The second kappa shape index (κ2) is 9.76. The van der Waals surface area contributed by atoms with Gasteiger partial charge in [-0.15, -0.1) is 0 Å². The van der Waals surface area contributed by atoms with Crippen LogP contribution in [0.4, 0.5) is 0 Å². The topological polar surface area (TPSA) is 9.23 Å². The first-order chi connectivity index (χ1) is 8.83. The highest BCUT2D eigenvalue weighted by Gasteiger charge is 1.98. The summed E-state index contributed by atoms with van der Waals surface area (Å²) in [7, 11) is 0. The summed E-state index contributed by atoms with van der Waals surface area (Å²) >= 11 is 0. The van der Waals surface area contributed by atoms with E-state index in [2.05, 4.69) is 6.92 Å². The zero-order valence-corrected chi connectivity index (χ0v) is 11.5. The van der Waals surface area contributed by atoms with Crippen LogP contribution in [0.25, 0.3) is 0 Å². The molecule has 0 aliphatic rings. The number of hydrogen-bond acceptors (Lipinski definition) is 1. The van der Waals surface area contributed by atoms with Crippen LogP contribution in [-0.2, 0) is 0 Å². The minimum atomic E-state index is 0.634. The van der Waals surface area contributed by atoms with Gasteiger partial charge in [0.15, 0.2) is 0 Å². The maximum absolute atomic E-state index is 5.86. The molecule has 0 aliphatic heterocycles. The fourth-order valence-corrected chi connectivity index (χ4v) is 1.95. The SMILES string of the molecule is [CH]=C(CCCCCCCCC)Oc1ccccc1. The van der Waals surface area contributed by atoms with Crippen LogP contribution in [0, 0.1) is 6.58 Å². The molecule has 99 valence electrons. The number of allylic oxidation sites excluding steroid dienone is 1. The van der Waals surface area contributed by atoms with E-state index >= 15 is 0 Å². The zero-order chi connectivity index (χ0) is 13.1. The van der Waals surface area contributed by atoms with E-state index in [0.29, 0.717) is 5.76 Å². The third-order valence-corrected chi connectivity index (χ3v) is 3.02. The van der Waals surface area contributed by atoms with Crippen LogP contribution in [0.15, 0.2) is 36.1 Å². The van der Waals surface area contributed by atoms with Gasteiger partial charge in [-0.3, -0.25) is 0 Å². The predicted molar refractivity (Wildman–Crippen MR) is 77.5 cm³/mol. The number of hydrogen-bond donors (Lipinski definition) is 0. The van der Waals surface area contributed by atoms with Crippen LogP contribution < -0.4 is 4.74 Å². The smallest absolute Gasteiger partial charge is 0.126 e. The van der Waals surface area contributed by atoms with Crippen LogP contribution in [0.3, 0.4) is 0 Å². The van der Waals surface area contributed by atoms with Crippen molar-refractivity contribution in [1.82, 2.24) is 0 Å². The van der Waals surface area contributed by atoms with Gasteiger partial charge in [0, 0.05) is 6.42 Å². The maximum atomic E-state index is 5.86. The van der Waals surface area contributed by atoms with Crippen molar-refractivity contribution in [3.63, 3.8) is 0 Å². The zero-order valence-electron chi connectivity index (χ0n) is 11.5. The molecule has 0 saturated heterocycles. The predicted octanol–water partition coefficient (Wildman–Crippen LogP) is 5.52. The van der Waals surface area contributed by atoms with Crippen LogP contribution in [0.2, 0.25) is 0 Å². The van der Waals surface area contributed by atoms with E-state index in [0.717, 1.165) is 18.6 Å². The Morgan fingerprint density at radius 3 is 2.22 bits per heavy atom. The number of unbranched alkanes of at least 4 members (excludes halogenated alkanes) is 6. The van der Waals surface area contributed by atoms with Crippen LogP contribution in [0.5, 0.6) is 5.75 Å². The molecule has 0 amide bonds. The molecule has 1 nitrogen and oxygen atoms in total. The third-order valence-electron chi connectivity index (χ3n) is 3.02. The van der Waals surface area contributed by atoms with Gasteiger partial charge in [-0.2, -0.15) is 0 Å². The first-order valence-corrected chi connectivity index (χ1v) is 7.17. The fourth-order valence-electron chi connectivity index (χ4n) is 1.95. The highest BCUT2D eigenvalue weighted by atomic mass is 16.5. The van der Waals surface area contributed by atoms with Gasteiger partial charge in [0.2, 0.25) is 0 Å². The van der Waals surface area contributed by atoms with E-state index in [4.69, 9.17) is 11.3 Å². The van der Waals surface area contributed by atoms with Crippen molar-refractivity contribution in [3.8, 4) is 5.75 Å². The van der Waals surface area contributed by atoms with Gasteiger partial charge in [0.05, 0.1) is 0 Å². The average Bonchev–Trinajstić information content (AvgIpc) is 2.39. The lowest BCUT2D eigenvalue weighted by atomic mass is 10.1. The van der Waals surface area contributed by atoms with Gasteiger partial charge < -0.3 is 4.74 Å². The van der Waals surface area contributed by atoms with Crippen molar-refractivity contribution in [3.05, 3.63) is 42.7 Å². The molecular formula is C17H25O. The van der Waals surface area contributed by atoms with Crippen molar-refractivity contribution >= 4 is 0 Å². The molecule has 0 bridgehead atoms. The van der Waals surface area contributed by atoms with E-state index in [-0.39, 0.29) is 0 Å². The molecule has 0 aromatic heterocycles. The Kier molecular flexibility index (Phi) is 8.03. The summed E-state index contributed by atoms with van der Waals surface area (Å²) in [6.07, 6.45) is 9.97. The molecule has 0 aliphatic carbocycles. The maximum Gasteiger partial charge on any atom is 0.126 e. The first kappa shape index (κ1) is 14.8. The molecular weight excluding hydrogens is 220 g/mol. The Morgan fingerprint density at radius 2 is 1.56 bits per heavy atom. The van der Waals surface area contributed by atoms with Crippen molar-refractivity contribution < 1.29 is 4.74 Å². The molecule has 1 heteroatoms. The van der Waals surface area contributed by atoms with E-state index in [1.807, 2.05) is 30.3 Å². The van der Waals surface area contributed by atoms with Crippen molar-refractivity contribution in [2.75, 3.05) is 0 Å². The summed E-state index contributed by atoms with van der Waals surface area (Å²) in [6, 6.07) is 9.74. The summed E-state index contributed by atoms with van der Waals surface area (Å²) in [5.41, 5.74) is 0. The molecule has 1 rings (SSSR count). The molecule has 18 heavy (non-hydrogen) atoms. The second-order valence-electron chi connectivity index (χ2n) is 4.75. The molecule has 1 aromatic rings. The summed E-state index contributed by atoms with van der Waals surface area (Å²) in [6.45, 7) is 8.11. The number of ether oxygens (including phenoxy) is 1. The van der Waals surface area contributed by atoms with Gasteiger partial charge >= 0.3 is 0 Å². The van der Waals surface area contributed by atoms with E-state index < -0.39 is 0 Å². The number of rotatable bonds is 10. The molecule has 0 saturated carbocycles. The minimum Gasteiger partial charge on any atom is -0.462 e. The molecule has 0 heterocycles. The van der Waals surface area contributed by atoms with Crippen LogP contribution in [0.1, 0.15) is 58.3 Å². The lowest BCUT2D eigenvalue weighted by Gasteiger charge is -2.08. The number of para-hydroxylation sites is 1. The molecule has 0 fully saturated rings. The van der Waals surface area contributed by atoms with Gasteiger partial charge in [-0.25, -0.2) is 0 Å². The van der Waals surface area contributed by atoms with E-state index in [1.54, 1.807) is 0 Å². The van der Waals surface area contributed by atoms with Crippen LogP contribution in [-0.4, -0.2) is 0 Å². The third kappa shape index (κ3) is 7.16. The van der Waals surface area contributed by atoms with Crippen molar-refractivity contribution in [2.45, 2.75) is 58.3 Å². The van der Waals surface area contributed by atoms with E-state index in [9.17, 15) is 0 Å². The molecule has 0 unspecified atom stereocenters. The highest BCUT2D eigenvalue weighted by Crippen LogP contribution is 2.16. The van der Waals surface area contributed by atoms with Gasteiger partial charge in [-0.1, -0.05) is 63.6 Å². The van der Waals surface area contributed by atoms with Gasteiger partial charge in [-0.05, 0) is 25.1 Å². The fraction of sp³-hybridized carbons (Fsp3) is 0.529. The largest absolute Gasteiger partial charge is 0.462 e. The Morgan fingerprint density at radius 1 is 0.944 bits per heavy atom. The summed E-state index contributed by atoms with van der Waals surface area (Å²) in [4.78, 5) is 0. The monoisotopic (exact) mass is 245 g/mol. The van der Waals surface area contributed by atoms with E-state index in [1.165, 1.54) is 38.5 Å². The van der Waals surface area contributed by atoms with Gasteiger partial charge in [0.25, 0.3) is 0 Å². The summed E-state index contributed by atoms with van der Waals surface area (Å²) < 4.78 is 5.55. The molecule has 0 spiro atoms. The summed E-state index contributed by atoms with van der Waals surface area (Å²) in [5.74, 6) is 1.47. The standard InChI is InChI=1S/C17H25O/c1-3-4-5-6-7-8-10-13-16(2)18-17-14-11-9-12-15-17/h2,9,11-12,14-15H,3-8,10,13H2,1H3. The van der Waals surface area contributed by atoms with Crippen molar-refractivity contribution in [2.24, 2.45) is 0 Å². The Labute approximate surface area is 112 Å². The molecule has 1 aromatic carbocycles. The first-order valence-electron chi connectivity index (χ1n) is 7.17. The quantitative estimate of drug-likeness (QED) is 0.389. The molecule has 0 atom stereocenters. The Bertz CT molecular complexity index is 316. The summed E-state index contributed by atoms with van der Waals surface area (Å²) in [5, 5.41) is 0. The highest BCUT2D eigenvalue weighted by molar-refractivity contribution is 5.22. The number of benzene rings is 1. The van der Waals surface area contributed by atoms with Gasteiger partial charge in [0.1, 0.15) is 11.5 Å². The average molecular weight is 245 g/mol. The Hall–Kier alpha value is -1.24.